The summed E-state index contributed by atoms with van der Waals surface area (Å²) in [5.74, 6) is -0.954. The second kappa shape index (κ2) is 6.80. The molecule has 136 valence electrons. The van der Waals surface area contributed by atoms with E-state index in [1.54, 1.807) is 12.1 Å². The van der Waals surface area contributed by atoms with Crippen molar-refractivity contribution >= 4 is 38.9 Å². The van der Waals surface area contributed by atoms with E-state index in [4.69, 9.17) is 0 Å². The lowest BCUT2D eigenvalue weighted by Gasteiger charge is -2.15. The molecule has 2 aromatic carbocycles. The molecule has 1 saturated heterocycles. The van der Waals surface area contributed by atoms with E-state index in [2.05, 4.69) is 5.32 Å². The first-order chi connectivity index (χ1) is 12.3. The topological polar surface area (TPSA) is 86.8 Å². The van der Waals surface area contributed by atoms with Gasteiger partial charge in [-0.1, -0.05) is 0 Å². The predicted octanol–water partition coefficient (Wildman–Crippen LogP) is 2.07. The number of nitrogens with zero attached hydrogens (tertiary/aromatic N) is 2. The number of amides is 2. The molecule has 1 aliphatic rings. The van der Waals surface area contributed by atoms with Gasteiger partial charge in [0.15, 0.2) is 0 Å². The van der Waals surface area contributed by atoms with Crippen LogP contribution in [-0.2, 0) is 14.8 Å². The Bertz CT molecular complexity index is 935. The van der Waals surface area contributed by atoms with E-state index in [9.17, 15) is 18.0 Å². The van der Waals surface area contributed by atoms with Crippen LogP contribution in [0.2, 0.25) is 0 Å². The van der Waals surface area contributed by atoms with Gasteiger partial charge in [0.05, 0.1) is 11.4 Å². The zero-order valence-corrected chi connectivity index (χ0v) is 15.3. The molecule has 26 heavy (non-hydrogen) atoms. The fraction of sp³-hybridized carbons (Fsp3) is 0.222. The lowest BCUT2D eigenvalue weighted by Crippen LogP contribution is -2.29. The monoisotopic (exact) mass is 373 g/mol. The first-order valence-electron chi connectivity index (χ1n) is 8.02. The molecule has 1 N–H and O–H groups in total. The number of carbonyl (C=O) groups is 2. The van der Waals surface area contributed by atoms with Gasteiger partial charge in [-0.15, -0.1) is 0 Å². The van der Waals surface area contributed by atoms with E-state index < -0.39 is 15.9 Å². The van der Waals surface area contributed by atoms with Gasteiger partial charge in [-0.3, -0.25) is 9.59 Å². The van der Waals surface area contributed by atoms with Gasteiger partial charge in [0.2, 0.25) is 15.9 Å². The van der Waals surface area contributed by atoms with E-state index in [1.165, 1.54) is 24.3 Å². The third-order valence-electron chi connectivity index (χ3n) is 4.08. The van der Waals surface area contributed by atoms with Crippen LogP contribution in [0.3, 0.4) is 0 Å². The Kier molecular flexibility index (Phi) is 4.69. The van der Waals surface area contributed by atoms with Gasteiger partial charge in [0.1, 0.15) is 0 Å². The number of nitrogens with one attached hydrogen (secondary N) is 1. The highest BCUT2D eigenvalue weighted by Gasteiger charge is 2.36. The number of anilines is 3. The molecule has 0 spiro atoms. The minimum Gasteiger partial charge on any atom is -0.378 e. The smallest absolute Gasteiger partial charge is 0.255 e. The highest BCUT2D eigenvalue weighted by Crippen LogP contribution is 2.25. The van der Waals surface area contributed by atoms with Crippen molar-refractivity contribution in [3.63, 3.8) is 0 Å². The Hall–Kier alpha value is -2.87. The minimum absolute atomic E-state index is 0.0203. The molecule has 0 saturated carbocycles. The van der Waals surface area contributed by atoms with E-state index in [1.807, 2.05) is 31.1 Å². The largest absolute Gasteiger partial charge is 0.378 e. The molecule has 0 atom stereocenters. The van der Waals surface area contributed by atoms with Crippen molar-refractivity contribution in [2.24, 2.45) is 0 Å². The van der Waals surface area contributed by atoms with Crippen molar-refractivity contribution in [2.75, 3.05) is 34.4 Å². The minimum atomic E-state index is -3.60. The van der Waals surface area contributed by atoms with E-state index in [-0.39, 0.29) is 23.8 Å². The van der Waals surface area contributed by atoms with Crippen LogP contribution in [0.1, 0.15) is 16.8 Å². The molecule has 0 unspecified atom stereocenters. The Morgan fingerprint density at radius 2 is 1.65 bits per heavy atom. The van der Waals surface area contributed by atoms with Crippen LogP contribution in [0.25, 0.3) is 0 Å². The van der Waals surface area contributed by atoms with Crippen molar-refractivity contribution in [1.29, 1.82) is 0 Å². The highest BCUT2D eigenvalue weighted by molar-refractivity contribution is 7.94. The number of sulfonamides is 1. The number of benzene rings is 2. The molecule has 1 heterocycles. The SMILES string of the molecule is CN(C)c1ccc(NC(=O)c2ccc(N3C(=O)CCS3(=O)=O)cc2)cc1. The maximum absolute atomic E-state index is 12.3. The third kappa shape index (κ3) is 3.55. The third-order valence-corrected chi connectivity index (χ3v) is 5.77. The number of rotatable bonds is 4. The normalized spacial score (nSPS) is 15.8. The molecule has 7 nitrogen and oxygen atoms in total. The van der Waals surface area contributed by atoms with Crippen molar-refractivity contribution in [1.82, 2.24) is 0 Å². The molecule has 1 fully saturated rings. The summed E-state index contributed by atoms with van der Waals surface area (Å²) in [7, 11) is 0.259. The molecular weight excluding hydrogens is 354 g/mol. The number of hydrogen-bond acceptors (Lipinski definition) is 5. The zero-order valence-electron chi connectivity index (χ0n) is 14.5. The van der Waals surface area contributed by atoms with E-state index in [0.717, 1.165) is 9.99 Å². The second-order valence-corrected chi connectivity index (χ2v) is 8.10. The quantitative estimate of drug-likeness (QED) is 0.887. The summed E-state index contributed by atoms with van der Waals surface area (Å²) in [6, 6.07) is 13.3. The molecule has 0 bridgehead atoms. The zero-order chi connectivity index (χ0) is 18.9. The first-order valence-corrected chi connectivity index (χ1v) is 9.63. The standard InChI is InChI=1S/C18H19N3O4S/c1-20(2)15-9-5-14(6-10-15)19-18(23)13-3-7-16(8-4-13)21-17(22)11-12-26(21,24)25/h3-10H,11-12H2,1-2H3,(H,19,23). The average Bonchev–Trinajstić information content (AvgIpc) is 2.88. The van der Waals surface area contributed by atoms with Gasteiger partial charge < -0.3 is 10.2 Å². The summed E-state index contributed by atoms with van der Waals surface area (Å²) >= 11 is 0. The van der Waals surface area contributed by atoms with Crippen LogP contribution in [0.15, 0.2) is 48.5 Å². The second-order valence-electron chi connectivity index (χ2n) is 6.17. The van der Waals surface area contributed by atoms with Crippen molar-refractivity contribution < 1.29 is 18.0 Å². The highest BCUT2D eigenvalue weighted by atomic mass is 32.2. The summed E-state index contributed by atoms with van der Waals surface area (Å²) in [5.41, 5.74) is 2.29. The Balaban J connectivity index is 1.74. The molecule has 8 heteroatoms. The van der Waals surface area contributed by atoms with Gasteiger partial charge in [-0.05, 0) is 48.5 Å². The lowest BCUT2D eigenvalue weighted by atomic mass is 10.2. The maximum Gasteiger partial charge on any atom is 0.255 e. The molecule has 0 aliphatic carbocycles. The fourth-order valence-electron chi connectivity index (χ4n) is 2.66. The predicted molar refractivity (Wildman–Crippen MR) is 101 cm³/mol. The maximum atomic E-state index is 12.3. The van der Waals surface area contributed by atoms with Crippen LogP contribution in [0.4, 0.5) is 17.1 Å². The van der Waals surface area contributed by atoms with Gasteiger partial charge in [-0.25, -0.2) is 12.7 Å². The van der Waals surface area contributed by atoms with Gasteiger partial charge in [-0.2, -0.15) is 0 Å². The summed E-state index contributed by atoms with van der Waals surface area (Å²) in [6.45, 7) is 0. The molecule has 2 aromatic rings. The molecule has 0 radical (unpaired) electrons. The van der Waals surface area contributed by atoms with Crippen molar-refractivity contribution in [3.8, 4) is 0 Å². The number of carbonyl (C=O) groups excluding carboxylic acids is 2. The Labute approximate surface area is 152 Å². The summed E-state index contributed by atoms with van der Waals surface area (Å²) in [4.78, 5) is 26.1. The Morgan fingerprint density at radius 3 is 2.15 bits per heavy atom. The van der Waals surface area contributed by atoms with E-state index >= 15 is 0 Å². The van der Waals surface area contributed by atoms with Crippen LogP contribution < -0.4 is 14.5 Å². The molecule has 3 rings (SSSR count). The molecule has 1 aliphatic heterocycles. The van der Waals surface area contributed by atoms with Gasteiger partial charge in [0.25, 0.3) is 5.91 Å². The molecule has 2 amide bonds. The first kappa shape index (κ1) is 17.9. The fourth-order valence-corrected chi connectivity index (χ4v) is 4.12. The van der Waals surface area contributed by atoms with Crippen LogP contribution >= 0.6 is 0 Å². The van der Waals surface area contributed by atoms with Crippen LogP contribution in [0.5, 0.6) is 0 Å². The molecule has 0 aromatic heterocycles. The Morgan fingerprint density at radius 1 is 1.04 bits per heavy atom. The summed E-state index contributed by atoms with van der Waals surface area (Å²) in [5, 5.41) is 2.78. The summed E-state index contributed by atoms with van der Waals surface area (Å²) in [6.07, 6.45) is -0.0203. The van der Waals surface area contributed by atoms with Gasteiger partial charge >= 0.3 is 0 Å². The molecular formula is C18H19N3O4S. The lowest BCUT2D eigenvalue weighted by molar-refractivity contribution is -0.116. The van der Waals surface area contributed by atoms with Crippen LogP contribution in [0, 0.1) is 0 Å². The van der Waals surface area contributed by atoms with Crippen molar-refractivity contribution in [3.05, 3.63) is 54.1 Å². The average molecular weight is 373 g/mol. The van der Waals surface area contributed by atoms with Crippen LogP contribution in [-0.4, -0.2) is 40.1 Å². The number of hydrogen-bond donors (Lipinski definition) is 1. The van der Waals surface area contributed by atoms with Crippen molar-refractivity contribution in [2.45, 2.75) is 6.42 Å². The van der Waals surface area contributed by atoms with Gasteiger partial charge in [0, 0.05) is 37.5 Å². The van der Waals surface area contributed by atoms with E-state index in [0.29, 0.717) is 11.3 Å². The summed E-state index contributed by atoms with van der Waals surface area (Å²) < 4.78 is 24.7.